The summed E-state index contributed by atoms with van der Waals surface area (Å²) in [6.07, 6.45) is 1.79. The number of sulfone groups is 1. The minimum Gasteiger partial charge on any atom is -0.491 e. The molecular weight excluding hydrogens is 844 g/mol. The lowest BCUT2D eigenvalue weighted by Crippen LogP contribution is -2.33. The molecule has 4 N–H and O–H groups in total. The van der Waals surface area contributed by atoms with Gasteiger partial charge in [0.15, 0.2) is 9.84 Å². The minimum atomic E-state index is -4.08. The minimum absolute atomic E-state index is 0.00142. The normalized spacial score (nSPS) is 12.8. The van der Waals surface area contributed by atoms with Gasteiger partial charge in [-0.15, -0.1) is 0 Å². The molecule has 0 saturated heterocycles. The fourth-order valence-electron chi connectivity index (χ4n) is 6.23. The van der Waals surface area contributed by atoms with Gasteiger partial charge in [-0.1, -0.05) is 6.07 Å². The Morgan fingerprint density at radius 1 is 0.730 bits per heavy atom. The summed E-state index contributed by atoms with van der Waals surface area (Å²) < 4.78 is 91.2. The second-order valence-electron chi connectivity index (χ2n) is 14.3. The molecule has 0 atom stereocenters. The standard InChI is InChI=1S/C44H63FN4O13S/c1-34-39(44(51)49-12-15-62-40-7-4-35(31-37(40)33-49)36-5-9-42(47)48-32-36)6-8-41(43(34)45)63(52,53)30-2-3-38(50)10-13-54-16-18-56-20-22-58-24-26-60-28-29-61-27-25-59-23-21-57-19-17-55-14-11-46/h4-9,31-32H,2-3,10-30,33,46H2,1H3,(H2,47,48). The molecule has 2 aromatic carbocycles. The second-order valence-corrected chi connectivity index (χ2v) is 16.4. The number of ether oxygens (including phenoxy) is 9. The van der Waals surface area contributed by atoms with Crippen molar-refractivity contribution in [3.05, 3.63) is 71.2 Å². The average Bonchev–Trinajstić information content (AvgIpc) is 3.49. The first-order chi connectivity index (χ1) is 30.6. The molecule has 1 aromatic heterocycles. The summed E-state index contributed by atoms with van der Waals surface area (Å²) in [4.78, 5) is 31.3. The predicted molar refractivity (Wildman–Crippen MR) is 232 cm³/mol. The van der Waals surface area contributed by atoms with Crippen molar-refractivity contribution >= 4 is 27.3 Å². The van der Waals surface area contributed by atoms with E-state index in [1.165, 1.54) is 13.0 Å². The third-order valence-corrected chi connectivity index (χ3v) is 11.4. The van der Waals surface area contributed by atoms with E-state index in [-0.39, 0.29) is 69.1 Å². The van der Waals surface area contributed by atoms with Crippen molar-refractivity contribution in [3.8, 4) is 16.9 Å². The van der Waals surface area contributed by atoms with Gasteiger partial charge < -0.3 is 59.0 Å². The number of halogens is 1. The number of carbonyl (C=O) groups is 2. The first kappa shape index (κ1) is 51.5. The number of nitrogens with zero attached hydrogens (tertiary/aromatic N) is 2. The molecule has 350 valence electrons. The smallest absolute Gasteiger partial charge is 0.254 e. The van der Waals surface area contributed by atoms with Crippen LogP contribution in [0.4, 0.5) is 10.2 Å². The number of hydrogen-bond donors (Lipinski definition) is 2. The quantitative estimate of drug-likeness (QED) is 0.0837. The second kappa shape index (κ2) is 29.3. The van der Waals surface area contributed by atoms with E-state index in [4.69, 9.17) is 54.1 Å². The van der Waals surface area contributed by atoms with Crippen LogP contribution in [0.25, 0.3) is 11.1 Å². The van der Waals surface area contributed by atoms with E-state index in [1.807, 2.05) is 24.3 Å². The van der Waals surface area contributed by atoms with Crippen LogP contribution in [0, 0.1) is 12.7 Å². The molecule has 4 rings (SSSR count). The number of pyridine rings is 1. The Bertz CT molecular complexity index is 1920. The third-order valence-electron chi connectivity index (χ3n) is 9.62. The van der Waals surface area contributed by atoms with E-state index < -0.39 is 32.2 Å². The third kappa shape index (κ3) is 18.8. The van der Waals surface area contributed by atoms with Crippen LogP contribution in [0.3, 0.4) is 0 Å². The SMILES string of the molecule is Cc1c(C(=O)N2CCOc3ccc(-c4ccc(N)nc4)cc3C2)ccc(S(=O)(=O)CCCC(=O)CCOCCOCCOCCOCCOCCOCCOCCOCCN)c1F. The van der Waals surface area contributed by atoms with Crippen LogP contribution in [-0.4, -0.2) is 161 Å². The van der Waals surface area contributed by atoms with Crippen LogP contribution in [0.2, 0.25) is 0 Å². The van der Waals surface area contributed by atoms with Crippen molar-refractivity contribution < 1.29 is 65.0 Å². The Morgan fingerprint density at radius 2 is 1.27 bits per heavy atom. The highest BCUT2D eigenvalue weighted by molar-refractivity contribution is 7.91. The van der Waals surface area contributed by atoms with E-state index in [9.17, 15) is 18.0 Å². The number of amides is 1. The summed E-state index contributed by atoms with van der Waals surface area (Å²) in [7, 11) is -4.08. The molecule has 1 aliphatic heterocycles. The predicted octanol–water partition coefficient (Wildman–Crippen LogP) is 3.42. The molecule has 63 heavy (non-hydrogen) atoms. The van der Waals surface area contributed by atoms with Crippen LogP contribution in [0.5, 0.6) is 5.75 Å². The largest absolute Gasteiger partial charge is 0.491 e. The van der Waals surface area contributed by atoms with Crippen molar-refractivity contribution in [2.75, 3.05) is 137 Å². The summed E-state index contributed by atoms with van der Waals surface area (Å²) in [6.45, 7) is 9.37. The van der Waals surface area contributed by atoms with Gasteiger partial charge in [-0.2, -0.15) is 0 Å². The molecule has 0 aliphatic carbocycles. The number of anilines is 1. The number of rotatable bonds is 33. The van der Waals surface area contributed by atoms with Crippen molar-refractivity contribution in [2.24, 2.45) is 5.73 Å². The molecule has 19 heteroatoms. The maximum atomic E-state index is 15.7. The maximum absolute atomic E-state index is 15.7. The van der Waals surface area contributed by atoms with E-state index in [2.05, 4.69) is 4.98 Å². The summed E-state index contributed by atoms with van der Waals surface area (Å²) >= 11 is 0. The number of hydrogen-bond acceptors (Lipinski definition) is 16. The highest BCUT2D eigenvalue weighted by Gasteiger charge is 2.27. The lowest BCUT2D eigenvalue weighted by Gasteiger charge is -2.22. The van der Waals surface area contributed by atoms with E-state index >= 15 is 4.39 Å². The van der Waals surface area contributed by atoms with Gasteiger partial charge >= 0.3 is 0 Å². The number of fused-ring (bicyclic) bond motifs is 1. The molecule has 2 heterocycles. The maximum Gasteiger partial charge on any atom is 0.254 e. The Morgan fingerprint density at radius 3 is 1.81 bits per heavy atom. The highest BCUT2D eigenvalue weighted by atomic mass is 32.2. The van der Waals surface area contributed by atoms with Gasteiger partial charge in [-0.25, -0.2) is 17.8 Å². The molecule has 0 bridgehead atoms. The van der Waals surface area contributed by atoms with Crippen LogP contribution < -0.4 is 16.2 Å². The van der Waals surface area contributed by atoms with Gasteiger partial charge in [-0.05, 0) is 60.9 Å². The average molecular weight is 907 g/mol. The molecule has 1 aliphatic rings. The lowest BCUT2D eigenvalue weighted by molar-refractivity contribution is -0.120. The van der Waals surface area contributed by atoms with Gasteiger partial charge in [0.1, 0.15) is 34.7 Å². The summed E-state index contributed by atoms with van der Waals surface area (Å²) in [5, 5.41) is 0. The Hall–Kier alpha value is -4.15. The summed E-state index contributed by atoms with van der Waals surface area (Å²) in [5.74, 6) is -0.992. The van der Waals surface area contributed by atoms with Crippen LogP contribution in [-0.2, 0) is 59.1 Å². The Balaban J connectivity index is 1.01. The fraction of sp³-hybridized carbons (Fsp3) is 0.568. The molecule has 3 aromatic rings. The number of nitrogens with two attached hydrogens (primary N) is 2. The molecule has 0 fully saturated rings. The molecule has 1 amide bonds. The lowest BCUT2D eigenvalue weighted by atomic mass is 10.0. The zero-order valence-corrected chi connectivity index (χ0v) is 37.0. The van der Waals surface area contributed by atoms with Crippen LogP contribution >= 0.6 is 0 Å². The van der Waals surface area contributed by atoms with Crippen LogP contribution in [0.1, 0.15) is 40.7 Å². The van der Waals surface area contributed by atoms with Crippen molar-refractivity contribution in [1.82, 2.24) is 9.88 Å². The summed E-state index contributed by atoms with van der Waals surface area (Å²) in [5.41, 5.74) is 13.5. The van der Waals surface area contributed by atoms with E-state index in [0.717, 1.165) is 22.8 Å². The zero-order chi connectivity index (χ0) is 45.1. The first-order valence-corrected chi connectivity index (χ1v) is 22.9. The highest BCUT2D eigenvalue weighted by Crippen LogP contribution is 2.31. The van der Waals surface area contributed by atoms with Crippen molar-refractivity contribution in [3.63, 3.8) is 0 Å². The number of nitrogen functional groups attached to an aromatic ring is 1. The van der Waals surface area contributed by atoms with Gasteiger partial charge in [0.25, 0.3) is 5.91 Å². The van der Waals surface area contributed by atoms with E-state index in [0.29, 0.717) is 111 Å². The molecule has 0 radical (unpaired) electrons. The Labute approximate surface area is 369 Å². The number of Topliss-reactive ketones (excluding diaryl/α,β-unsaturated/α-hetero) is 1. The zero-order valence-electron chi connectivity index (χ0n) is 36.2. The number of aromatic nitrogens is 1. The Kier molecular flexibility index (Phi) is 24.0. The summed E-state index contributed by atoms with van der Waals surface area (Å²) in [6, 6.07) is 11.7. The first-order valence-electron chi connectivity index (χ1n) is 21.2. The van der Waals surface area contributed by atoms with Gasteiger partial charge in [0.2, 0.25) is 0 Å². The molecular formula is C44H63FN4O13S. The van der Waals surface area contributed by atoms with E-state index in [1.54, 1.807) is 17.2 Å². The monoisotopic (exact) mass is 906 g/mol. The van der Waals surface area contributed by atoms with Gasteiger partial charge in [0, 0.05) is 48.8 Å². The number of benzene rings is 2. The molecule has 0 spiro atoms. The van der Waals surface area contributed by atoms with Crippen molar-refractivity contribution in [1.29, 1.82) is 0 Å². The van der Waals surface area contributed by atoms with Gasteiger partial charge in [-0.3, -0.25) is 9.59 Å². The van der Waals surface area contributed by atoms with Gasteiger partial charge in [0.05, 0.1) is 118 Å². The number of carbonyl (C=O) groups excluding carboxylic acids is 2. The van der Waals surface area contributed by atoms with Crippen LogP contribution in [0.15, 0.2) is 53.6 Å². The fourth-order valence-corrected chi connectivity index (χ4v) is 7.68. The van der Waals surface area contributed by atoms with Crippen molar-refractivity contribution in [2.45, 2.75) is 37.6 Å². The molecule has 0 saturated carbocycles. The molecule has 0 unspecified atom stereocenters. The molecule has 17 nitrogen and oxygen atoms in total. The topological polar surface area (TPSA) is 220 Å². The number of ketones is 1.